The van der Waals surface area contributed by atoms with Crippen molar-refractivity contribution in [1.82, 2.24) is 4.72 Å². The molecule has 5 nitrogen and oxygen atoms in total. The lowest BCUT2D eigenvalue weighted by atomic mass is 10.2. The summed E-state index contributed by atoms with van der Waals surface area (Å²) in [6, 6.07) is 5.73. The molecule has 0 aromatic heterocycles. The standard InChI is InChI=1S/C10H11F3N2O3S/c1-7(16)15-9-4-2-8(3-5-9)6-14-19(17,18)10(11,12)13/h2-5,14H,6H2,1H3,(H,15,16). The molecule has 1 aromatic carbocycles. The highest BCUT2D eigenvalue weighted by atomic mass is 32.2. The SMILES string of the molecule is CC(=O)Nc1ccc(CNS(=O)(=O)C(F)(F)F)cc1. The van der Waals surface area contributed by atoms with Crippen LogP contribution in [-0.4, -0.2) is 19.8 Å². The molecule has 0 heterocycles. The third-order valence-corrected chi connectivity index (χ3v) is 3.18. The first-order valence-electron chi connectivity index (χ1n) is 5.04. The van der Waals surface area contributed by atoms with E-state index in [1.807, 2.05) is 0 Å². The van der Waals surface area contributed by atoms with Gasteiger partial charge in [-0.3, -0.25) is 4.79 Å². The Balaban J connectivity index is 2.67. The highest BCUT2D eigenvalue weighted by molar-refractivity contribution is 7.90. The fourth-order valence-electron chi connectivity index (χ4n) is 1.17. The largest absolute Gasteiger partial charge is 0.511 e. The third kappa shape index (κ3) is 4.52. The van der Waals surface area contributed by atoms with Crippen molar-refractivity contribution in [2.75, 3.05) is 5.32 Å². The van der Waals surface area contributed by atoms with Gasteiger partial charge in [0.25, 0.3) is 0 Å². The summed E-state index contributed by atoms with van der Waals surface area (Å²) in [5.74, 6) is -0.287. The van der Waals surface area contributed by atoms with Crippen molar-refractivity contribution in [2.24, 2.45) is 0 Å². The molecule has 0 unspecified atom stereocenters. The first-order valence-corrected chi connectivity index (χ1v) is 6.52. The average molecular weight is 296 g/mol. The number of halogens is 3. The Morgan fingerprint density at radius 2 is 1.74 bits per heavy atom. The number of carbonyl (C=O) groups is 1. The van der Waals surface area contributed by atoms with Gasteiger partial charge in [-0.05, 0) is 17.7 Å². The van der Waals surface area contributed by atoms with Gasteiger partial charge < -0.3 is 5.32 Å². The van der Waals surface area contributed by atoms with Crippen LogP contribution in [0.15, 0.2) is 24.3 Å². The van der Waals surface area contributed by atoms with Crippen molar-refractivity contribution in [3.63, 3.8) is 0 Å². The zero-order valence-corrected chi connectivity index (χ0v) is 10.6. The number of carbonyl (C=O) groups excluding carboxylic acids is 1. The summed E-state index contributed by atoms with van der Waals surface area (Å²) in [5, 5.41) is 2.47. The smallest absolute Gasteiger partial charge is 0.326 e. The van der Waals surface area contributed by atoms with Gasteiger partial charge in [-0.2, -0.15) is 13.2 Å². The summed E-state index contributed by atoms with van der Waals surface area (Å²) < 4.78 is 59.1. The molecule has 1 aromatic rings. The number of alkyl halides is 3. The maximum atomic E-state index is 12.0. The zero-order chi connectivity index (χ0) is 14.7. The Morgan fingerprint density at radius 1 is 1.21 bits per heavy atom. The summed E-state index contributed by atoms with van der Waals surface area (Å²) in [6.07, 6.45) is 0. The minimum Gasteiger partial charge on any atom is -0.326 e. The van der Waals surface area contributed by atoms with Crippen LogP contribution in [0.1, 0.15) is 12.5 Å². The van der Waals surface area contributed by atoms with E-state index in [2.05, 4.69) is 5.32 Å². The highest BCUT2D eigenvalue weighted by Gasteiger charge is 2.45. The van der Waals surface area contributed by atoms with Gasteiger partial charge in [0.1, 0.15) is 0 Å². The molecule has 0 saturated carbocycles. The second-order valence-corrected chi connectivity index (χ2v) is 5.41. The number of nitrogens with one attached hydrogen (secondary N) is 2. The van der Waals surface area contributed by atoms with Crippen LogP contribution in [0.3, 0.4) is 0 Å². The lowest BCUT2D eigenvalue weighted by Crippen LogP contribution is -2.35. The Morgan fingerprint density at radius 3 is 2.16 bits per heavy atom. The van der Waals surface area contributed by atoms with Crippen LogP contribution in [0.2, 0.25) is 0 Å². The van der Waals surface area contributed by atoms with Crippen LogP contribution in [0.25, 0.3) is 0 Å². The van der Waals surface area contributed by atoms with Gasteiger partial charge in [0.15, 0.2) is 0 Å². The molecule has 1 amide bonds. The first-order chi connectivity index (χ1) is 8.62. The van der Waals surface area contributed by atoms with Gasteiger partial charge in [0.05, 0.1) is 0 Å². The molecule has 0 bridgehead atoms. The predicted molar refractivity (Wildman–Crippen MR) is 62.6 cm³/mol. The van der Waals surface area contributed by atoms with Crippen molar-refractivity contribution < 1.29 is 26.4 Å². The fraction of sp³-hybridized carbons (Fsp3) is 0.300. The number of hydrogen-bond acceptors (Lipinski definition) is 3. The van der Waals surface area contributed by atoms with Crippen molar-refractivity contribution >= 4 is 21.6 Å². The molecular weight excluding hydrogens is 285 g/mol. The van der Waals surface area contributed by atoms with Crippen LogP contribution in [0.5, 0.6) is 0 Å². The van der Waals surface area contributed by atoms with Crippen LogP contribution < -0.4 is 10.0 Å². The predicted octanol–water partition coefficient (Wildman–Crippen LogP) is 1.58. The summed E-state index contributed by atoms with van der Waals surface area (Å²) in [5.41, 5.74) is -4.53. The lowest BCUT2D eigenvalue weighted by molar-refractivity contribution is -0.114. The topological polar surface area (TPSA) is 75.3 Å². The normalized spacial score (nSPS) is 12.2. The van der Waals surface area contributed by atoms with Gasteiger partial charge in [-0.15, -0.1) is 0 Å². The first kappa shape index (κ1) is 15.4. The number of amides is 1. The van der Waals surface area contributed by atoms with Crippen LogP contribution in [0, 0.1) is 0 Å². The molecule has 0 radical (unpaired) electrons. The van der Waals surface area contributed by atoms with Crippen molar-refractivity contribution in [1.29, 1.82) is 0 Å². The van der Waals surface area contributed by atoms with Gasteiger partial charge in [-0.1, -0.05) is 12.1 Å². The molecule has 19 heavy (non-hydrogen) atoms. The van der Waals surface area contributed by atoms with Crippen molar-refractivity contribution in [3.05, 3.63) is 29.8 Å². The summed E-state index contributed by atoms with van der Waals surface area (Å²) >= 11 is 0. The molecule has 0 aliphatic heterocycles. The van der Waals surface area contributed by atoms with Crippen LogP contribution >= 0.6 is 0 Å². The van der Waals surface area contributed by atoms with E-state index in [1.54, 1.807) is 0 Å². The summed E-state index contributed by atoms with van der Waals surface area (Å²) in [4.78, 5) is 10.7. The molecule has 0 saturated heterocycles. The van der Waals surface area contributed by atoms with E-state index in [4.69, 9.17) is 0 Å². The minimum atomic E-state index is -5.34. The minimum absolute atomic E-state index is 0.287. The molecule has 1 rings (SSSR count). The number of anilines is 1. The quantitative estimate of drug-likeness (QED) is 0.886. The van der Waals surface area contributed by atoms with Crippen LogP contribution in [0.4, 0.5) is 18.9 Å². The van der Waals surface area contributed by atoms with Gasteiger partial charge in [-0.25, -0.2) is 13.1 Å². The van der Waals surface area contributed by atoms with E-state index >= 15 is 0 Å². The molecular formula is C10H11F3N2O3S. The lowest BCUT2D eigenvalue weighted by Gasteiger charge is -2.09. The third-order valence-electron chi connectivity index (χ3n) is 2.05. The molecule has 0 fully saturated rings. The zero-order valence-electron chi connectivity index (χ0n) is 9.78. The summed E-state index contributed by atoms with van der Waals surface area (Å²) in [6.45, 7) is 0.827. The Hall–Kier alpha value is -1.61. The van der Waals surface area contributed by atoms with E-state index in [9.17, 15) is 26.4 Å². The highest BCUT2D eigenvalue weighted by Crippen LogP contribution is 2.22. The second-order valence-electron chi connectivity index (χ2n) is 3.65. The maximum absolute atomic E-state index is 12.0. The van der Waals surface area contributed by atoms with E-state index in [0.29, 0.717) is 11.3 Å². The van der Waals surface area contributed by atoms with Crippen molar-refractivity contribution in [3.8, 4) is 0 Å². The van der Waals surface area contributed by atoms with Gasteiger partial charge in [0, 0.05) is 19.2 Å². The number of hydrogen-bond donors (Lipinski definition) is 2. The molecule has 0 atom stereocenters. The number of sulfonamides is 1. The van der Waals surface area contributed by atoms with E-state index < -0.39 is 22.1 Å². The molecule has 2 N–H and O–H groups in total. The molecule has 0 aliphatic rings. The summed E-state index contributed by atoms with van der Waals surface area (Å²) in [7, 11) is -5.34. The van der Waals surface area contributed by atoms with E-state index in [0.717, 1.165) is 0 Å². The average Bonchev–Trinajstić information content (AvgIpc) is 2.26. The van der Waals surface area contributed by atoms with Gasteiger partial charge >= 0.3 is 15.5 Å². The number of benzene rings is 1. The van der Waals surface area contributed by atoms with Crippen molar-refractivity contribution in [2.45, 2.75) is 19.0 Å². The Bertz CT molecular complexity index is 552. The number of rotatable bonds is 4. The molecule has 0 spiro atoms. The monoisotopic (exact) mass is 296 g/mol. The Kier molecular flexibility index (Phi) is 4.53. The molecule has 9 heteroatoms. The molecule has 106 valence electrons. The Labute approximate surface area is 107 Å². The molecule has 0 aliphatic carbocycles. The second kappa shape index (κ2) is 5.57. The fourth-order valence-corrected chi connectivity index (χ4v) is 1.69. The van der Waals surface area contributed by atoms with E-state index in [1.165, 1.54) is 35.9 Å². The van der Waals surface area contributed by atoms with Gasteiger partial charge in [0.2, 0.25) is 5.91 Å². The van der Waals surface area contributed by atoms with Crippen LogP contribution in [-0.2, 0) is 21.4 Å². The maximum Gasteiger partial charge on any atom is 0.511 e. The van der Waals surface area contributed by atoms with E-state index in [-0.39, 0.29) is 5.91 Å².